The average Bonchev–Trinajstić information content (AvgIpc) is 3.20. The van der Waals surface area contributed by atoms with Gasteiger partial charge in [-0.2, -0.15) is 5.10 Å². The van der Waals surface area contributed by atoms with Gasteiger partial charge in [-0.25, -0.2) is 9.67 Å². The minimum Gasteiger partial charge on any atom is -0.326 e. The zero-order valence-corrected chi connectivity index (χ0v) is 17.2. The highest BCUT2D eigenvalue weighted by Crippen LogP contribution is 2.22. The SMILES string of the molecule is CCCCc1c(C)nn(-c2nc(CC(=O)Nc3ccc(C)cc3)cs2)c1C. The molecule has 1 aromatic carbocycles. The van der Waals surface area contributed by atoms with E-state index in [0.717, 1.165) is 40.7 Å². The monoisotopic (exact) mass is 382 g/mol. The molecule has 27 heavy (non-hydrogen) atoms. The first-order valence-electron chi connectivity index (χ1n) is 9.34. The lowest BCUT2D eigenvalue weighted by Gasteiger charge is -2.04. The second kappa shape index (κ2) is 8.48. The largest absolute Gasteiger partial charge is 0.326 e. The molecule has 3 aromatic rings. The van der Waals surface area contributed by atoms with Gasteiger partial charge in [-0.1, -0.05) is 31.0 Å². The maximum Gasteiger partial charge on any atom is 0.230 e. The van der Waals surface area contributed by atoms with Crippen LogP contribution in [0.3, 0.4) is 0 Å². The molecule has 0 radical (unpaired) electrons. The topological polar surface area (TPSA) is 59.8 Å². The van der Waals surface area contributed by atoms with Crippen molar-refractivity contribution in [2.45, 2.75) is 53.4 Å². The molecule has 0 bridgehead atoms. The molecule has 2 aromatic heterocycles. The summed E-state index contributed by atoms with van der Waals surface area (Å²) in [6.07, 6.45) is 3.63. The summed E-state index contributed by atoms with van der Waals surface area (Å²) >= 11 is 1.52. The van der Waals surface area contributed by atoms with Crippen LogP contribution in [0.4, 0.5) is 5.69 Å². The van der Waals surface area contributed by atoms with Crippen LogP contribution in [0.15, 0.2) is 29.6 Å². The number of thiazole rings is 1. The third-order valence-electron chi connectivity index (χ3n) is 4.62. The number of hydrogen-bond donors (Lipinski definition) is 1. The normalized spacial score (nSPS) is 11.0. The Morgan fingerprint density at radius 1 is 1.19 bits per heavy atom. The Labute approximate surface area is 164 Å². The van der Waals surface area contributed by atoms with E-state index in [1.165, 1.54) is 28.9 Å². The van der Waals surface area contributed by atoms with E-state index in [0.29, 0.717) is 0 Å². The number of unbranched alkanes of at least 4 members (excludes halogenated alkanes) is 1. The molecular weight excluding hydrogens is 356 g/mol. The van der Waals surface area contributed by atoms with Gasteiger partial charge < -0.3 is 5.32 Å². The minimum atomic E-state index is -0.0623. The summed E-state index contributed by atoms with van der Waals surface area (Å²) in [4.78, 5) is 16.9. The summed E-state index contributed by atoms with van der Waals surface area (Å²) < 4.78 is 1.91. The molecule has 0 atom stereocenters. The number of carbonyl (C=O) groups excluding carboxylic acids is 1. The fourth-order valence-corrected chi connectivity index (χ4v) is 3.88. The van der Waals surface area contributed by atoms with Crippen LogP contribution in [0.25, 0.3) is 5.13 Å². The lowest BCUT2D eigenvalue weighted by atomic mass is 10.1. The molecule has 5 nitrogen and oxygen atoms in total. The Hall–Kier alpha value is -2.47. The van der Waals surface area contributed by atoms with Gasteiger partial charge in [0.2, 0.25) is 11.0 Å². The van der Waals surface area contributed by atoms with Crippen LogP contribution in [0.1, 0.15) is 48.0 Å². The van der Waals surface area contributed by atoms with Crippen LogP contribution in [-0.4, -0.2) is 20.7 Å². The van der Waals surface area contributed by atoms with Crippen molar-refractivity contribution in [1.29, 1.82) is 0 Å². The number of nitrogens with zero attached hydrogens (tertiary/aromatic N) is 3. The maximum absolute atomic E-state index is 12.3. The van der Waals surface area contributed by atoms with Gasteiger partial charge in [-0.15, -0.1) is 11.3 Å². The number of carbonyl (C=O) groups is 1. The molecule has 1 N–H and O–H groups in total. The van der Waals surface area contributed by atoms with E-state index in [2.05, 4.69) is 36.2 Å². The number of hydrogen-bond acceptors (Lipinski definition) is 4. The Morgan fingerprint density at radius 2 is 1.93 bits per heavy atom. The Balaban J connectivity index is 1.69. The van der Waals surface area contributed by atoms with Gasteiger partial charge >= 0.3 is 0 Å². The van der Waals surface area contributed by atoms with Gasteiger partial charge in [0.05, 0.1) is 17.8 Å². The average molecular weight is 383 g/mol. The molecule has 0 saturated carbocycles. The second-order valence-corrected chi connectivity index (χ2v) is 7.71. The van der Waals surface area contributed by atoms with Crippen molar-refractivity contribution in [3.05, 3.63) is 57.9 Å². The summed E-state index contributed by atoms with van der Waals surface area (Å²) in [5, 5.41) is 10.3. The van der Waals surface area contributed by atoms with Gasteiger partial charge in [0.15, 0.2) is 0 Å². The number of aromatic nitrogens is 3. The molecule has 0 aliphatic heterocycles. The summed E-state index contributed by atoms with van der Waals surface area (Å²) in [7, 11) is 0. The quantitative estimate of drug-likeness (QED) is 0.640. The third-order valence-corrected chi connectivity index (χ3v) is 5.48. The fraction of sp³-hybridized carbons (Fsp3) is 0.381. The van der Waals surface area contributed by atoms with Gasteiger partial charge in [0.1, 0.15) is 0 Å². The first kappa shape index (κ1) is 19.3. The van der Waals surface area contributed by atoms with E-state index in [-0.39, 0.29) is 12.3 Å². The van der Waals surface area contributed by atoms with Crippen molar-refractivity contribution in [2.75, 3.05) is 5.32 Å². The van der Waals surface area contributed by atoms with Crippen LogP contribution < -0.4 is 5.32 Å². The third kappa shape index (κ3) is 4.63. The summed E-state index contributed by atoms with van der Waals surface area (Å²) in [5.41, 5.74) is 6.26. The molecule has 3 rings (SSSR count). The van der Waals surface area contributed by atoms with Crippen LogP contribution in [0.2, 0.25) is 0 Å². The standard InChI is InChI=1S/C21H26N4OS/c1-5-6-7-19-15(3)24-25(16(19)4)21-23-18(13-27-21)12-20(26)22-17-10-8-14(2)9-11-17/h8-11,13H,5-7,12H2,1-4H3,(H,22,26). The molecule has 6 heteroatoms. The van der Waals surface area contributed by atoms with E-state index in [1.54, 1.807) is 0 Å². The lowest BCUT2D eigenvalue weighted by Crippen LogP contribution is -2.14. The van der Waals surface area contributed by atoms with Gasteiger partial charge in [-0.05, 0) is 51.3 Å². The van der Waals surface area contributed by atoms with Gasteiger partial charge in [0, 0.05) is 16.8 Å². The second-order valence-electron chi connectivity index (χ2n) is 6.88. The summed E-state index contributed by atoms with van der Waals surface area (Å²) in [5.74, 6) is -0.0623. The van der Waals surface area contributed by atoms with Crippen LogP contribution in [-0.2, 0) is 17.6 Å². The molecule has 1 amide bonds. The molecular formula is C21H26N4OS. The van der Waals surface area contributed by atoms with Crippen LogP contribution >= 0.6 is 11.3 Å². The number of nitrogens with one attached hydrogen (secondary N) is 1. The number of amides is 1. The van der Waals surface area contributed by atoms with E-state index in [1.807, 2.05) is 41.3 Å². The van der Waals surface area contributed by atoms with E-state index in [9.17, 15) is 4.79 Å². The Morgan fingerprint density at radius 3 is 2.63 bits per heavy atom. The Kier molecular flexibility index (Phi) is 6.06. The Bertz CT molecular complexity index is 924. The van der Waals surface area contributed by atoms with Crippen molar-refractivity contribution in [2.24, 2.45) is 0 Å². The van der Waals surface area contributed by atoms with E-state index in [4.69, 9.17) is 0 Å². The molecule has 0 saturated heterocycles. The molecule has 142 valence electrons. The van der Waals surface area contributed by atoms with Gasteiger partial charge in [0.25, 0.3) is 0 Å². The number of rotatable bonds is 7. The van der Waals surface area contributed by atoms with Crippen molar-refractivity contribution in [3.8, 4) is 5.13 Å². The fourth-order valence-electron chi connectivity index (χ4n) is 3.06. The molecule has 0 spiro atoms. The molecule has 0 fully saturated rings. The van der Waals surface area contributed by atoms with Crippen molar-refractivity contribution >= 4 is 22.9 Å². The predicted octanol–water partition coefficient (Wildman–Crippen LogP) is 4.78. The molecule has 2 heterocycles. The zero-order valence-electron chi connectivity index (χ0n) is 16.4. The molecule has 0 aliphatic carbocycles. The van der Waals surface area contributed by atoms with Crippen molar-refractivity contribution < 1.29 is 4.79 Å². The minimum absolute atomic E-state index is 0.0623. The van der Waals surface area contributed by atoms with Crippen molar-refractivity contribution in [1.82, 2.24) is 14.8 Å². The highest BCUT2D eigenvalue weighted by atomic mass is 32.1. The highest BCUT2D eigenvalue weighted by molar-refractivity contribution is 7.12. The lowest BCUT2D eigenvalue weighted by molar-refractivity contribution is -0.115. The van der Waals surface area contributed by atoms with E-state index >= 15 is 0 Å². The first-order valence-corrected chi connectivity index (χ1v) is 10.2. The summed E-state index contributed by atoms with van der Waals surface area (Å²) in [6.45, 7) is 8.37. The highest BCUT2D eigenvalue weighted by Gasteiger charge is 2.15. The number of aryl methyl sites for hydroxylation is 2. The van der Waals surface area contributed by atoms with Crippen LogP contribution in [0.5, 0.6) is 0 Å². The van der Waals surface area contributed by atoms with E-state index < -0.39 is 0 Å². The molecule has 0 aliphatic rings. The maximum atomic E-state index is 12.3. The predicted molar refractivity (Wildman–Crippen MR) is 111 cm³/mol. The number of benzene rings is 1. The number of anilines is 1. The molecule has 0 unspecified atom stereocenters. The zero-order chi connectivity index (χ0) is 19.4. The first-order chi connectivity index (χ1) is 13.0. The summed E-state index contributed by atoms with van der Waals surface area (Å²) in [6, 6.07) is 7.78. The smallest absolute Gasteiger partial charge is 0.230 e. The van der Waals surface area contributed by atoms with Crippen LogP contribution in [0, 0.1) is 20.8 Å². The van der Waals surface area contributed by atoms with Crippen molar-refractivity contribution in [3.63, 3.8) is 0 Å². The van der Waals surface area contributed by atoms with Gasteiger partial charge in [-0.3, -0.25) is 4.79 Å².